The van der Waals surface area contributed by atoms with E-state index in [2.05, 4.69) is 15.2 Å². The van der Waals surface area contributed by atoms with Crippen molar-refractivity contribution in [1.82, 2.24) is 19.4 Å². The van der Waals surface area contributed by atoms with Crippen LogP contribution in [-0.2, 0) is 0 Å². The number of imidazole rings is 1. The van der Waals surface area contributed by atoms with E-state index in [9.17, 15) is 14.4 Å². The summed E-state index contributed by atoms with van der Waals surface area (Å²) >= 11 is 0. The van der Waals surface area contributed by atoms with Crippen molar-refractivity contribution in [2.75, 3.05) is 31.5 Å². The molecular formula is C24H27N5O3. The molecule has 8 nitrogen and oxygen atoms in total. The zero-order chi connectivity index (χ0) is 22.2. The second-order valence-electron chi connectivity index (χ2n) is 8.71. The lowest BCUT2D eigenvalue weighted by Gasteiger charge is -2.47. The minimum Gasteiger partial charge on any atom is -0.321 e. The van der Waals surface area contributed by atoms with Crippen molar-refractivity contribution in [3.63, 3.8) is 0 Å². The predicted octanol–water partition coefficient (Wildman–Crippen LogP) is 3.09. The molecule has 2 aromatic carbocycles. The van der Waals surface area contributed by atoms with Gasteiger partial charge in [0, 0.05) is 49.5 Å². The second kappa shape index (κ2) is 8.27. The molecule has 0 spiro atoms. The van der Waals surface area contributed by atoms with Crippen molar-refractivity contribution >= 4 is 28.5 Å². The molecule has 0 atom stereocenters. The number of anilines is 1. The number of carbonyl (C=O) groups excluding carboxylic acids is 2. The molecule has 3 aromatic rings. The van der Waals surface area contributed by atoms with E-state index in [0.717, 1.165) is 37.0 Å². The van der Waals surface area contributed by atoms with Crippen LogP contribution in [-0.4, -0.2) is 63.4 Å². The molecule has 0 saturated carbocycles. The number of Topliss-reactive ketones (excluding diaryl/α,β-unsaturated/α-hetero) is 1. The van der Waals surface area contributed by atoms with E-state index in [1.165, 1.54) is 6.92 Å². The standard InChI is InChI=1S/C24H27N5O3/c1-16(30)17-5-4-6-18(13-17)25-23(31)28-14-20(15-28)27-11-9-19(10-12-27)29-22-8-3-2-7-21(22)26-24(29)32/h2-8,13,19-20H,9-12,14-15H2,1H3,(H,25,31)(H,26,32). The number of H-pyrrole nitrogens is 1. The van der Waals surface area contributed by atoms with E-state index in [4.69, 9.17) is 0 Å². The Morgan fingerprint density at radius 2 is 1.75 bits per heavy atom. The Morgan fingerprint density at radius 3 is 2.50 bits per heavy atom. The number of hydrogen-bond acceptors (Lipinski definition) is 4. The highest BCUT2D eigenvalue weighted by Crippen LogP contribution is 2.28. The third kappa shape index (κ3) is 3.82. The van der Waals surface area contributed by atoms with Gasteiger partial charge in [-0.25, -0.2) is 9.59 Å². The number of piperidine rings is 1. The summed E-state index contributed by atoms with van der Waals surface area (Å²) in [6.45, 7) is 4.72. The van der Waals surface area contributed by atoms with Crippen LogP contribution in [0.5, 0.6) is 0 Å². The average molecular weight is 434 g/mol. The molecule has 5 rings (SSSR count). The van der Waals surface area contributed by atoms with Crippen molar-refractivity contribution in [3.05, 3.63) is 64.6 Å². The molecule has 2 N–H and O–H groups in total. The van der Waals surface area contributed by atoms with E-state index in [-0.39, 0.29) is 23.5 Å². The third-order valence-electron chi connectivity index (χ3n) is 6.67. The summed E-state index contributed by atoms with van der Waals surface area (Å²) in [6.07, 6.45) is 1.84. The average Bonchev–Trinajstić information content (AvgIpc) is 3.09. The highest BCUT2D eigenvalue weighted by molar-refractivity contribution is 5.96. The lowest BCUT2D eigenvalue weighted by molar-refractivity contribution is 0.0397. The zero-order valence-corrected chi connectivity index (χ0v) is 18.1. The number of amides is 2. The molecule has 2 aliphatic rings. The molecule has 2 fully saturated rings. The number of aromatic nitrogens is 2. The number of urea groups is 1. The highest BCUT2D eigenvalue weighted by atomic mass is 16.2. The molecule has 0 radical (unpaired) electrons. The fourth-order valence-corrected chi connectivity index (χ4v) is 4.82. The summed E-state index contributed by atoms with van der Waals surface area (Å²) in [4.78, 5) is 43.7. The van der Waals surface area contributed by atoms with E-state index < -0.39 is 0 Å². The molecule has 2 aliphatic heterocycles. The van der Waals surface area contributed by atoms with Crippen LogP contribution in [0.2, 0.25) is 0 Å². The van der Waals surface area contributed by atoms with E-state index in [1.54, 1.807) is 29.2 Å². The van der Waals surface area contributed by atoms with Crippen molar-refractivity contribution in [2.45, 2.75) is 31.8 Å². The highest BCUT2D eigenvalue weighted by Gasteiger charge is 2.37. The Labute approximate surface area is 185 Å². The van der Waals surface area contributed by atoms with Gasteiger partial charge < -0.3 is 15.2 Å². The number of nitrogens with one attached hydrogen (secondary N) is 2. The van der Waals surface area contributed by atoms with Gasteiger partial charge in [-0.1, -0.05) is 24.3 Å². The summed E-state index contributed by atoms with van der Waals surface area (Å²) in [7, 11) is 0. The first-order chi connectivity index (χ1) is 15.5. The molecule has 166 valence electrons. The molecule has 0 unspecified atom stereocenters. The fourth-order valence-electron chi connectivity index (χ4n) is 4.82. The van der Waals surface area contributed by atoms with Crippen molar-refractivity contribution in [1.29, 1.82) is 0 Å². The zero-order valence-electron chi connectivity index (χ0n) is 18.1. The maximum Gasteiger partial charge on any atom is 0.326 e. The van der Waals surface area contributed by atoms with E-state index in [1.807, 2.05) is 28.8 Å². The molecule has 2 amide bonds. The molecule has 3 heterocycles. The molecule has 2 saturated heterocycles. The lowest BCUT2D eigenvalue weighted by Crippen LogP contribution is -2.63. The molecule has 1 aromatic heterocycles. The Morgan fingerprint density at radius 1 is 1.00 bits per heavy atom. The van der Waals surface area contributed by atoms with Crippen LogP contribution in [0.4, 0.5) is 10.5 Å². The number of hydrogen-bond donors (Lipinski definition) is 2. The van der Waals surface area contributed by atoms with Crippen LogP contribution < -0.4 is 11.0 Å². The first-order valence-corrected chi connectivity index (χ1v) is 11.1. The van der Waals surface area contributed by atoms with Crippen molar-refractivity contribution in [2.24, 2.45) is 0 Å². The molecule has 0 aliphatic carbocycles. The van der Waals surface area contributed by atoms with Crippen LogP contribution in [0, 0.1) is 0 Å². The van der Waals surface area contributed by atoms with Gasteiger partial charge in [0.1, 0.15) is 0 Å². The first kappa shape index (κ1) is 20.5. The summed E-state index contributed by atoms with van der Waals surface area (Å²) in [6, 6.07) is 15.2. The van der Waals surface area contributed by atoms with Gasteiger partial charge in [-0.15, -0.1) is 0 Å². The summed E-state index contributed by atoms with van der Waals surface area (Å²) < 4.78 is 1.91. The van der Waals surface area contributed by atoms with Crippen molar-refractivity contribution < 1.29 is 9.59 Å². The Hall–Kier alpha value is -3.39. The fraction of sp³-hybridized carbons (Fsp3) is 0.375. The maximum absolute atomic E-state index is 12.5. The van der Waals surface area contributed by atoms with Gasteiger partial charge in [0.2, 0.25) is 0 Å². The topological polar surface area (TPSA) is 90.4 Å². The molecular weight excluding hydrogens is 406 g/mol. The Kier molecular flexibility index (Phi) is 5.30. The summed E-state index contributed by atoms with van der Waals surface area (Å²) in [5.74, 6) is -0.0246. The van der Waals surface area contributed by atoms with Crippen LogP contribution in [0.1, 0.15) is 36.2 Å². The van der Waals surface area contributed by atoms with Crippen LogP contribution in [0.15, 0.2) is 53.3 Å². The molecule has 0 bridgehead atoms. The number of para-hydroxylation sites is 2. The Bertz CT molecular complexity index is 1220. The van der Waals surface area contributed by atoms with Gasteiger partial charge in [0.15, 0.2) is 5.78 Å². The number of aromatic amines is 1. The number of ketones is 1. The lowest BCUT2D eigenvalue weighted by atomic mass is 9.99. The number of likely N-dealkylation sites (tertiary alicyclic amines) is 2. The van der Waals surface area contributed by atoms with E-state index in [0.29, 0.717) is 30.4 Å². The van der Waals surface area contributed by atoms with Crippen LogP contribution >= 0.6 is 0 Å². The van der Waals surface area contributed by atoms with Gasteiger partial charge >= 0.3 is 11.7 Å². The maximum atomic E-state index is 12.5. The minimum atomic E-state index is -0.137. The van der Waals surface area contributed by atoms with Crippen LogP contribution in [0.3, 0.4) is 0 Å². The van der Waals surface area contributed by atoms with Crippen LogP contribution in [0.25, 0.3) is 11.0 Å². The SMILES string of the molecule is CC(=O)c1cccc(NC(=O)N2CC(N3CCC(n4c(=O)[nH]c5ccccc54)CC3)C2)c1. The number of fused-ring (bicyclic) bond motifs is 1. The van der Waals surface area contributed by atoms with E-state index >= 15 is 0 Å². The quantitative estimate of drug-likeness (QED) is 0.619. The van der Waals surface area contributed by atoms with Gasteiger partial charge in [0.25, 0.3) is 0 Å². The first-order valence-electron chi connectivity index (χ1n) is 11.1. The largest absolute Gasteiger partial charge is 0.326 e. The summed E-state index contributed by atoms with van der Waals surface area (Å²) in [5, 5.41) is 2.89. The van der Waals surface area contributed by atoms with Gasteiger partial charge in [-0.3, -0.25) is 14.3 Å². The number of rotatable bonds is 4. The second-order valence-corrected chi connectivity index (χ2v) is 8.71. The number of nitrogens with zero attached hydrogens (tertiary/aromatic N) is 3. The molecule has 8 heteroatoms. The van der Waals surface area contributed by atoms with Gasteiger partial charge in [-0.2, -0.15) is 0 Å². The number of carbonyl (C=O) groups is 2. The van der Waals surface area contributed by atoms with Gasteiger partial charge in [0.05, 0.1) is 11.0 Å². The normalized spacial score (nSPS) is 18.0. The monoisotopic (exact) mass is 433 g/mol. The minimum absolute atomic E-state index is 0.0246. The summed E-state index contributed by atoms with van der Waals surface area (Å²) in [5.41, 5.74) is 3.04. The third-order valence-corrected chi connectivity index (χ3v) is 6.67. The smallest absolute Gasteiger partial charge is 0.321 e. The van der Waals surface area contributed by atoms with Gasteiger partial charge in [-0.05, 0) is 44.0 Å². The number of benzene rings is 2. The predicted molar refractivity (Wildman–Crippen MR) is 123 cm³/mol. The molecule has 32 heavy (non-hydrogen) atoms. The van der Waals surface area contributed by atoms with Crippen molar-refractivity contribution in [3.8, 4) is 0 Å². The Balaban J connectivity index is 1.14.